The molecule has 57 heavy (non-hydrogen) atoms. The normalized spacial score (nSPS) is 14.9. The van der Waals surface area contributed by atoms with Crippen LogP contribution in [0.3, 0.4) is 0 Å². The highest BCUT2D eigenvalue weighted by molar-refractivity contribution is 6.04. The highest BCUT2D eigenvalue weighted by Gasteiger charge is 2.30. The smallest absolute Gasteiger partial charge is 0.255 e. The molecular weight excluding hydrogens is 705 g/mol. The first-order valence-electron chi connectivity index (χ1n) is 21.7. The van der Waals surface area contributed by atoms with Crippen LogP contribution in [0.15, 0.2) is 97.1 Å². The Morgan fingerprint density at radius 1 is 0.579 bits per heavy atom. The van der Waals surface area contributed by atoms with E-state index in [2.05, 4.69) is 60.9 Å². The van der Waals surface area contributed by atoms with Crippen LogP contribution in [0.5, 0.6) is 0 Å². The van der Waals surface area contributed by atoms with E-state index in [0.717, 1.165) is 18.5 Å². The Balaban J connectivity index is 0.000000312. The largest absolute Gasteiger partial charge is 0.399 e. The highest BCUT2D eigenvalue weighted by atomic mass is 16.1. The molecule has 2 saturated heterocycles. The minimum Gasteiger partial charge on any atom is -0.399 e. The number of aldehydes is 1. The number of carbonyl (C=O) groups is 2. The van der Waals surface area contributed by atoms with Crippen LogP contribution < -0.4 is 22.1 Å². The molecule has 2 fully saturated rings. The van der Waals surface area contributed by atoms with Gasteiger partial charge in [-0.3, -0.25) is 9.59 Å². The van der Waals surface area contributed by atoms with E-state index in [1.165, 1.54) is 123 Å². The first-order valence-corrected chi connectivity index (χ1v) is 21.7. The zero-order chi connectivity index (χ0) is 41.9. The quantitative estimate of drug-likeness (QED) is 0.0650. The van der Waals surface area contributed by atoms with E-state index in [9.17, 15) is 9.59 Å². The lowest BCUT2D eigenvalue weighted by Gasteiger charge is -2.41. The summed E-state index contributed by atoms with van der Waals surface area (Å²) in [5, 5.41) is 6.15. The third-order valence-corrected chi connectivity index (χ3v) is 10.7. The van der Waals surface area contributed by atoms with Gasteiger partial charge in [0.15, 0.2) is 0 Å². The van der Waals surface area contributed by atoms with Gasteiger partial charge < -0.3 is 31.1 Å². The lowest BCUT2D eigenvalue weighted by atomic mass is 10.0. The zero-order valence-corrected chi connectivity index (χ0v) is 36.5. The van der Waals surface area contributed by atoms with Gasteiger partial charge in [-0.05, 0) is 124 Å². The monoisotopic (exact) mass is 781 g/mol. The number of likely N-dealkylation sites (tertiary alicyclic amines) is 2. The molecule has 6 rings (SSSR count). The van der Waals surface area contributed by atoms with Crippen LogP contribution in [0.1, 0.15) is 125 Å². The molecule has 2 aliphatic rings. The van der Waals surface area contributed by atoms with Gasteiger partial charge in [0.1, 0.15) is 19.4 Å². The Labute approximate surface area is 346 Å². The second-order valence-corrected chi connectivity index (χ2v) is 15.0. The molecule has 4 aromatic rings. The van der Waals surface area contributed by atoms with E-state index >= 15 is 0 Å². The number of piperidine rings is 2. The van der Waals surface area contributed by atoms with E-state index in [4.69, 9.17) is 11.5 Å². The van der Waals surface area contributed by atoms with Crippen molar-refractivity contribution in [3.63, 3.8) is 0 Å². The average Bonchev–Trinajstić information content (AvgIpc) is 3.25. The molecule has 4 aromatic carbocycles. The summed E-state index contributed by atoms with van der Waals surface area (Å²) in [6, 6.07) is 31.0. The lowest BCUT2D eigenvalue weighted by molar-refractivity contribution is -0.945. The van der Waals surface area contributed by atoms with Crippen molar-refractivity contribution in [2.45, 2.75) is 106 Å². The molecule has 8 nitrogen and oxygen atoms in total. The molecule has 8 heteroatoms. The number of amides is 1. The van der Waals surface area contributed by atoms with E-state index in [-0.39, 0.29) is 5.91 Å². The van der Waals surface area contributed by atoms with Crippen molar-refractivity contribution in [1.82, 2.24) is 0 Å². The van der Waals surface area contributed by atoms with Crippen LogP contribution in [-0.2, 0) is 13.1 Å². The first kappa shape index (κ1) is 48.5. The standard InChI is InChI=1S/C22H29N3O.C16H27N2.C7H7NO.2C2H6/c1-2-14-25(15-4-3-5-16-25)17-18-6-12-21(13-7-18)24-22(26)19-8-10-20(23)11-9-19;1-3-11-18(12-5-4-6-13-18)14-15-7-9-16(17-2)10-8-15;8-7-3-1-6(5-9)2-4-7;2*1-2/h6-13H,2-5,14-17H2,1H3,(H2-,23,24,26);7-10,17H,3-6,11-14H2,1-2H3;1-5H,8H2;2*1-2H3/q;+1;;;/p+1. The van der Waals surface area contributed by atoms with Crippen LogP contribution in [0.4, 0.5) is 22.7 Å². The topological polar surface area (TPSA) is 110 Å². The van der Waals surface area contributed by atoms with Gasteiger partial charge in [-0.2, -0.15) is 0 Å². The second-order valence-electron chi connectivity index (χ2n) is 15.0. The molecule has 6 N–H and O–H groups in total. The van der Waals surface area contributed by atoms with Gasteiger partial charge in [0, 0.05) is 52.1 Å². The summed E-state index contributed by atoms with van der Waals surface area (Å²) < 4.78 is 2.53. The van der Waals surface area contributed by atoms with Crippen LogP contribution in [0, 0.1) is 0 Å². The SMILES string of the molecule is CC.CC.CCC[N+]1(Cc2ccc(NC(=O)c3ccc(N)cc3)cc2)CCCCC1.CCC[N+]1(Cc2ccc(NC)cc2)CCCCC1.Nc1ccc(C=O)cc1. The van der Waals surface area contributed by atoms with Gasteiger partial charge in [-0.15, -0.1) is 0 Å². The minimum absolute atomic E-state index is 0.108. The molecule has 0 aliphatic carbocycles. The molecule has 2 aliphatic heterocycles. The molecule has 0 saturated carbocycles. The third-order valence-electron chi connectivity index (χ3n) is 10.7. The number of quaternary nitrogens is 2. The second kappa shape index (κ2) is 27.1. The van der Waals surface area contributed by atoms with Crippen molar-refractivity contribution in [1.29, 1.82) is 0 Å². The summed E-state index contributed by atoms with van der Waals surface area (Å²) in [5.74, 6) is -0.108. The van der Waals surface area contributed by atoms with E-state index in [1.807, 2.05) is 46.9 Å². The maximum Gasteiger partial charge on any atom is 0.255 e. The summed E-state index contributed by atoms with van der Waals surface area (Å²) >= 11 is 0. The van der Waals surface area contributed by atoms with Gasteiger partial charge in [0.05, 0.1) is 39.3 Å². The predicted octanol–water partition coefficient (Wildman–Crippen LogP) is 11.2. The van der Waals surface area contributed by atoms with Gasteiger partial charge in [-0.25, -0.2) is 0 Å². The third kappa shape index (κ3) is 17.2. The van der Waals surface area contributed by atoms with E-state index in [0.29, 0.717) is 22.5 Å². The van der Waals surface area contributed by atoms with Crippen molar-refractivity contribution in [2.24, 2.45) is 0 Å². The number of carbonyl (C=O) groups excluding carboxylic acids is 2. The number of nitrogens with one attached hydrogen (secondary N) is 2. The molecule has 1 amide bonds. The molecule has 0 aromatic heterocycles. The van der Waals surface area contributed by atoms with Gasteiger partial charge >= 0.3 is 0 Å². The van der Waals surface area contributed by atoms with E-state index in [1.54, 1.807) is 48.5 Å². The molecule has 0 spiro atoms. The Morgan fingerprint density at radius 3 is 1.33 bits per heavy atom. The number of nitrogen functional groups attached to an aromatic ring is 2. The molecular formula is C49H76N6O2+2. The fourth-order valence-corrected chi connectivity index (χ4v) is 7.89. The number of hydrogen-bond acceptors (Lipinski definition) is 5. The summed E-state index contributed by atoms with van der Waals surface area (Å²) in [5.41, 5.74) is 18.5. The first-order chi connectivity index (χ1) is 27.7. The Kier molecular flexibility index (Phi) is 23.0. The van der Waals surface area contributed by atoms with Crippen LogP contribution in [-0.4, -0.2) is 67.5 Å². The van der Waals surface area contributed by atoms with Gasteiger partial charge in [0.25, 0.3) is 5.91 Å². The molecule has 0 radical (unpaired) electrons. The summed E-state index contributed by atoms with van der Waals surface area (Å²) in [6.07, 6.45) is 11.6. The average molecular weight is 781 g/mol. The van der Waals surface area contributed by atoms with Crippen molar-refractivity contribution < 1.29 is 18.6 Å². The number of nitrogens with two attached hydrogens (primary N) is 2. The van der Waals surface area contributed by atoms with Crippen molar-refractivity contribution in [3.05, 3.63) is 119 Å². The van der Waals surface area contributed by atoms with Crippen LogP contribution in [0.2, 0.25) is 0 Å². The van der Waals surface area contributed by atoms with Crippen molar-refractivity contribution >= 4 is 34.9 Å². The number of rotatable bonds is 12. The Morgan fingerprint density at radius 2 is 0.965 bits per heavy atom. The van der Waals surface area contributed by atoms with Crippen LogP contribution >= 0.6 is 0 Å². The Bertz CT molecular complexity index is 1630. The van der Waals surface area contributed by atoms with Gasteiger partial charge in [-0.1, -0.05) is 65.8 Å². The summed E-state index contributed by atoms with van der Waals surface area (Å²) in [4.78, 5) is 22.4. The molecule has 0 atom stereocenters. The summed E-state index contributed by atoms with van der Waals surface area (Å²) in [7, 11) is 1.98. The molecule has 312 valence electrons. The Hall–Kier alpha value is -4.66. The predicted molar refractivity (Wildman–Crippen MR) is 246 cm³/mol. The molecule has 2 heterocycles. The maximum atomic E-state index is 12.3. The van der Waals surface area contributed by atoms with Gasteiger partial charge in [0.2, 0.25) is 0 Å². The number of anilines is 4. The zero-order valence-electron chi connectivity index (χ0n) is 36.5. The maximum absolute atomic E-state index is 12.3. The lowest BCUT2D eigenvalue weighted by Crippen LogP contribution is -2.51. The fraction of sp³-hybridized carbons (Fsp3) is 0.469. The van der Waals surface area contributed by atoms with Crippen molar-refractivity contribution in [2.75, 3.05) is 68.4 Å². The molecule has 0 unspecified atom stereocenters. The minimum atomic E-state index is -0.108. The van der Waals surface area contributed by atoms with Crippen LogP contribution in [0.25, 0.3) is 0 Å². The number of nitrogens with zero attached hydrogens (tertiary/aromatic N) is 2. The van der Waals surface area contributed by atoms with Crippen molar-refractivity contribution in [3.8, 4) is 0 Å². The fourth-order valence-electron chi connectivity index (χ4n) is 7.89. The number of benzene rings is 4. The number of hydrogen-bond donors (Lipinski definition) is 4. The molecule has 0 bridgehead atoms. The van der Waals surface area contributed by atoms with E-state index < -0.39 is 0 Å². The highest BCUT2D eigenvalue weighted by Crippen LogP contribution is 2.26. The summed E-state index contributed by atoms with van der Waals surface area (Å²) in [6.45, 7) is 22.9.